The summed E-state index contributed by atoms with van der Waals surface area (Å²) in [6.45, 7) is 5.78. The van der Waals surface area contributed by atoms with Gasteiger partial charge in [-0.2, -0.15) is 0 Å². The van der Waals surface area contributed by atoms with Gasteiger partial charge in [0.05, 0.1) is 10.7 Å². The topological polar surface area (TPSA) is 50.2 Å². The Morgan fingerprint density at radius 2 is 2.06 bits per heavy atom. The molecule has 0 amide bonds. The van der Waals surface area contributed by atoms with E-state index in [9.17, 15) is 4.79 Å². The van der Waals surface area contributed by atoms with Crippen LogP contribution in [0.5, 0.6) is 0 Å². The molecule has 0 saturated carbocycles. The zero-order valence-electron chi connectivity index (χ0n) is 10.4. The van der Waals surface area contributed by atoms with Gasteiger partial charge in [-0.05, 0) is 19.1 Å². The largest absolute Gasteiger partial charge is 0.477 e. The van der Waals surface area contributed by atoms with Crippen LogP contribution >= 0.6 is 22.9 Å². The highest BCUT2D eigenvalue weighted by atomic mass is 35.5. The predicted molar refractivity (Wildman–Crippen MR) is 75.6 cm³/mol. The predicted octanol–water partition coefficient (Wildman–Crippen LogP) is 4.50. The Bertz CT molecular complexity index is 552. The minimum absolute atomic E-state index is 0.250. The number of aromatic nitrogens is 1. The van der Waals surface area contributed by atoms with Gasteiger partial charge in [0.2, 0.25) is 0 Å². The second-order valence-corrected chi connectivity index (χ2v) is 4.87. The van der Waals surface area contributed by atoms with E-state index < -0.39 is 5.97 Å². The summed E-state index contributed by atoms with van der Waals surface area (Å²) in [6, 6.07) is 7.03. The van der Waals surface area contributed by atoms with Gasteiger partial charge in [0.1, 0.15) is 4.88 Å². The maximum atomic E-state index is 11.0. The second-order valence-electron chi connectivity index (χ2n) is 3.23. The molecule has 5 heteroatoms. The molecular formula is C13H14ClNO2S. The molecule has 2 aromatic rings. The summed E-state index contributed by atoms with van der Waals surface area (Å²) in [4.78, 5) is 15.5. The summed E-state index contributed by atoms with van der Waals surface area (Å²) in [6.07, 6.45) is 0. The molecule has 1 heterocycles. The van der Waals surface area contributed by atoms with E-state index in [2.05, 4.69) is 4.98 Å². The summed E-state index contributed by atoms with van der Waals surface area (Å²) in [5.74, 6) is -0.958. The van der Waals surface area contributed by atoms with Crippen molar-refractivity contribution < 1.29 is 9.90 Å². The summed E-state index contributed by atoms with van der Waals surface area (Å²) >= 11 is 7.03. The number of carboxylic acid groups (broad SMARTS) is 1. The van der Waals surface area contributed by atoms with Crippen molar-refractivity contribution in [3.05, 3.63) is 39.2 Å². The Balaban J connectivity index is 0.000000771. The molecule has 0 bridgehead atoms. The number of aryl methyl sites for hydroxylation is 1. The third-order valence-corrected chi connectivity index (χ3v) is 3.22. The summed E-state index contributed by atoms with van der Waals surface area (Å²) in [5, 5.41) is 10.3. The number of nitrogens with zero attached hydrogens (tertiary/aromatic N) is 1. The van der Waals surface area contributed by atoms with Crippen LogP contribution in [-0.4, -0.2) is 16.1 Å². The Hall–Kier alpha value is -1.39. The van der Waals surface area contributed by atoms with Gasteiger partial charge in [-0.3, -0.25) is 0 Å². The minimum atomic E-state index is -0.958. The Morgan fingerprint density at radius 3 is 2.61 bits per heavy atom. The lowest BCUT2D eigenvalue weighted by Crippen LogP contribution is -1.95. The molecule has 3 nitrogen and oxygen atoms in total. The van der Waals surface area contributed by atoms with Crippen molar-refractivity contribution in [2.24, 2.45) is 0 Å². The molecule has 0 unspecified atom stereocenters. The van der Waals surface area contributed by atoms with Crippen molar-refractivity contribution in [1.82, 2.24) is 4.98 Å². The van der Waals surface area contributed by atoms with Gasteiger partial charge in [-0.15, -0.1) is 11.3 Å². The van der Waals surface area contributed by atoms with Crippen molar-refractivity contribution in [2.45, 2.75) is 20.8 Å². The number of carbonyl (C=O) groups is 1. The lowest BCUT2D eigenvalue weighted by atomic mass is 10.1. The van der Waals surface area contributed by atoms with Crippen LogP contribution < -0.4 is 0 Å². The van der Waals surface area contributed by atoms with Crippen molar-refractivity contribution in [3.8, 4) is 11.3 Å². The third kappa shape index (κ3) is 3.31. The molecule has 0 atom stereocenters. The minimum Gasteiger partial charge on any atom is -0.477 e. The molecule has 0 radical (unpaired) electrons. The highest BCUT2D eigenvalue weighted by Crippen LogP contribution is 2.29. The summed E-state index contributed by atoms with van der Waals surface area (Å²) in [7, 11) is 0. The Kier molecular flexibility index (Phi) is 5.31. The van der Waals surface area contributed by atoms with Crippen molar-refractivity contribution in [3.63, 3.8) is 0 Å². The lowest BCUT2D eigenvalue weighted by molar-refractivity contribution is 0.0702. The Labute approximate surface area is 115 Å². The molecule has 1 aromatic heterocycles. The fraction of sp³-hybridized carbons (Fsp3) is 0.231. The average molecular weight is 284 g/mol. The fourth-order valence-corrected chi connectivity index (χ4v) is 2.37. The van der Waals surface area contributed by atoms with Crippen LogP contribution in [0.15, 0.2) is 24.3 Å². The van der Waals surface area contributed by atoms with E-state index in [0.29, 0.717) is 10.7 Å². The maximum Gasteiger partial charge on any atom is 0.348 e. The van der Waals surface area contributed by atoms with E-state index in [4.69, 9.17) is 16.7 Å². The van der Waals surface area contributed by atoms with Crippen molar-refractivity contribution in [2.75, 3.05) is 0 Å². The zero-order valence-corrected chi connectivity index (χ0v) is 12.0. The normalized spacial score (nSPS) is 9.56. The monoisotopic (exact) mass is 283 g/mol. The standard InChI is InChI=1S/C11H8ClNO2S.C2H6/c1-6-13-9(10(16-6)11(14)15)7-3-2-4-8(12)5-7;1-2/h2-5H,1H3,(H,14,15);1-2H3. The van der Waals surface area contributed by atoms with Gasteiger partial charge in [0, 0.05) is 10.6 Å². The van der Waals surface area contributed by atoms with Gasteiger partial charge in [-0.1, -0.05) is 37.6 Å². The van der Waals surface area contributed by atoms with E-state index in [1.54, 1.807) is 31.2 Å². The van der Waals surface area contributed by atoms with Crippen LogP contribution in [0, 0.1) is 6.92 Å². The van der Waals surface area contributed by atoms with Gasteiger partial charge in [0.15, 0.2) is 0 Å². The quantitative estimate of drug-likeness (QED) is 0.883. The molecule has 1 aromatic carbocycles. The molecule has 0 saturated heterocycles. The van der Waals surface area contributed by atoms with Crippen LogP contribution in [0.3, 0.4) is 0 Å². The van der Waals surface area contributed by atoms with E-state index in [1.165, 1.54) is 11.3 Å². The molecule has 0 aliphatic rings. The molecular weight excluding hydrogens is 270 g/mol. The van der Waals surface area contributed by atoms with Crippen LogP contribution in [0.4, 0.5) is 0 Å². The average Bonchev–Trinajstić information content (AvgIpc) is 2.74. The molecule has 1 N–H and O–H groups in total. The van der Waals surface area contributed by atoms with Gasteiger partial charge >= 0.3 is 5.97 Å². The fourth-order valence-electron chi connectivity index (χ4n) is 1.40. The van der Waals surface area contributed by atoms with E-state index in [-0.39, 0.29) is 4.88 Å². The molecule has 0 fully saturated rings. The number of benzene rings is 1. The number of halogens is 1. The number of carboxylic acids is 1. The number of hydrogen-bond donors (Lipinski definition) is 1. The first-order chi connectivity index (χ1) is 8.58. The van der Waals surface area contributed by atoms with Crippen LogP contribution in [-0.2, 0) is 0 Å². The first-order valence-corrected chi connectivity index (χ1v) is 6.74. The van der Waals surface area contributed by atoms with E-state index >= 15 is 0 Å². The second kappa shape index (κ2) is 6.52. The first kappa shape index (κ1) is 14.7. The molecule has 2 rings (SSSR count). The highest BCUT2D eigenvalue weighted by Gasteiger charge is 2.17. The van der Waals surface area contributed by atoms with Gasteiger partial charge < -0.3 is 5.11 Å². The molecule has 0 aliphatic carbocycles. The lowest BCUT2D eigenvalue weighted by Gasteiger charge is -1.99. The number of thiazole rings is 1. The highest BCUT2D eigenvalue weighted by molar-refractivity contribution is 7.14. The molecule has 0 aliphatic heterocycles. The smallest absolute Gasteiger partial charge is 0.348 e. The first-order valence-electron chi connectivity index (χ1n) is 5.54. The summed E-state index contributed by atoms with van der Waals surface area (Å²) < 4.78 is 0. The van der Waals surface area contributed by atoms with Gasteiger partial charge in [-0.25, -0.2) is 9.78 Å². The molecule has 18 heavy (non-hydrogen) atoms. The molecule has 96 valence electrons. The van der Waals surface area contributed by atoms with Crippen molar-refractivity contribution in [1.29, 1.82) is 0 Å². The van der Waals surface area contributed by atoms with Gasteiger partial charge in [0.25, 0.3) is 0 Å². The summed E-state index contributed by atoms with van der Waals surface area (Å²) in [5.41, 5.74) is 1.21. The van der Waals surface area contributed by atoms with E-state index in [0.717, 1.165) is 10.6 Å². The SMILES string of the molecule is CC.Cc1nc(-c2cccc(Cl)c2)c(C(=O)O)s1. The Morgan fingerprint density at radius 1 is 1.39 bits per heavy atom. The maximum absolute atomic E-state index is 11.0. The van der Waals surface area contributed by atoms with E-state index in [1.807, 2.05) is 13.8 Å². The molecule has 0 spiro atoms. The third-order valence-electron chi connectivity index (χ3n) is 2.03. The van der Waals surface area contributed by atoms with Crippen molar-refractivity contribution >= 4 is 28.9 Å². The number of aromatic carboxylic acids is 1. The number of hydrogen-bond acceptors (Lipinski definition) is 3. The van der Waals surface area contributed by atoms with Crippen LogP contribution in [0.1, 0.15) is 28.5 Å². The number of rotatable bonds is 2. The van der Waals surface area contributed by atoms with Crippen LogP contribution in [0.25, 0.3) is 11.3 Å². The van der Waals surface area contributed by atoms with Crippen LogP contribution in [0.2, 0.25) is 5.02 Å². The zero-order chi connectivity index (χ0) is 13.7.